The smallest absolute Gasteiger partial charge is 0.155 e. The monoisotopic (exact) mass is 127 g/mol. The Bertz CT molecular complexity index is 194. The molecule has 0 bridgehead atoms. The lowest BCUT2D eigenvalue weighted by molar-refractivity contribution is 0.184. The minimum absolute atomic E-state index is 0.530. The van der Waals surface area contributed by atoms with Crippen LogP contribution in [0.25, 0.3) is 0 Å². The van der Waals surface area contributed by atoms with Crippen molar-refractivity contribution in [1.29, 1.82) is 0 Å². The van der Waals surface area contributed by atoms with Gasteiger partial charge in [-0.25, -0.2) is 4.98 Å². The second kappa shape index (κ2) is 2.14. The molecule has 1 heterocycles. The van der Waals surface area contributed by atoms with Crippen LogP contribution in [0.5, 0.6) is 0 Å². The van der Waals surface area contributed by atoms with Gasteiger partial charge in [0.1, 0.15) is 12.4 Å². The van der Waals surface area contributed by atoms with Crippen LogP contribution in [-0.2, 0) is 7.05 Å². The second-order valence-corrected chi connectivity index (χ2v) is 1.92. The Labute approximate surface area is 53.1 Å². The maximum absolute atomic E-state index is 8.97. The van der Waals surface area contributed by atoms with Gasteiger partial charge in [0, 0.05) is 7.05 Å². The molecule has 0 amide bonds. The van der Waals surface area contributed by atoms with Gasteiger partial charge in [-0.3, -0.25) is 4.68 Å². The Balaban J connectivity index is 2.94. The minimum Gasteiger partial charge on any atom is -0.385 e. The van der Waals surface area contributed by atoms with Crippen molar-refractivity contribution in [3.8, 4) is 0 Å². The molecule has 4 heteroatoms. The van der Waals surface area contributed by atoms with Crippen LogP contribution >= 0.6 is 0 Å². The SMILES string of the molecule is C[C@@H](O)c1ncnn1C. The first-order chi connectivity index (χ1) is 4.22. The Kier molecular flexibility index (Phi) is 1.48. The first-order valence-corrected chi connectivity index (χ1v) is 2.74. The molecule has 1 aromatic heterocycles. The summed E-state index contributed by atoms with van der Waals surface area (Å²) < 4.78 is 1.55. The molecule has 0 aliphatic rings. The van der Waals surface area contributed by atoms with E-state index in [1.807, 2.05) is 0 Å². The first kappa shape index (κ1) is 6.22. The largest absolute Gasteiger partial charge is 0.385 e. The van der Waals surface area contributed by atoms with E-state index in [1.54, 1.807) is 18.7 Å². The van der Waals surface area contributed by atoms with Crippen molar-refractivity contribution in [2.45, 2.75) is 13.0 Å². The highest BCUT2D eigenvalue weighted by Crippen LogP contribution is 2.03. The fourth-order valence-corrected chi connectivity index (χ4v) is 0.683. The van der Waals surface area contributed by atoms with Gasteiger partial charge < -0.3 is 5.11 Å². The van der Waals surface area contributed by atoms with Crippen LogP contribution in [0.15, 0.2) is 6.33 Å². The summed E-state index contributed by atoms with van der Waals surface area (Å²) >= 11 is 0. The first-order valence-electron chi connectivity index (χ1n) is 2.74. The van der Waals surface area contributed by atoms with Crippen LogP contribution in [0, 0.1) is 0 Å². The molecular weight excluding hydrogens is 118 g/mol. The molecule has 0 spiro atoms. The molecule has 0 fully saturated rings. The van der Waals surface area contributed by atoms with E-state index in [9.17, 15) is 0 Å². The fourth-order valence-electron chi connectivity index (χ4n) is 0.683. The number of rotatable bonds is 1. The van der Waals surface area contributed by atoms with Crippen LogP contribution < -0.4 is 0 Å². The van der Waals surface area contributed by atoms with Crippen molar-refractivity contribution in [1.82, 2.24) is 14.8 Å². The number of hydrogen-bond acceptors (Lipinski definition) is 3. The molecule has 0 aliphatic heterocycles. The van der Waals surface area contributed by atoms with Crippen LogP contribution in [-0.4, -0.2) is 19.9 Å². The average molecular weight is 127 g/mol. The minimum atomic E-state index is -0.530. The molecule has 1 atom stereocenters. The maximum atomic E-state index is 8.97. The summed E-state index contributed by atoms with van der Waals surface area (Å²) in [6.45, 7) is 1.66. The number of aryl methyl sites for hydroxylation is 1. The number of aromatic nitrogens is 3. The quantitative estimate of drug-likeness (QED) is 0.571. The third-order valence-electron chi connectivity index (χ3n) is 1.12. The molecule has 1 rings (SSSR count). The van der Waals surface area contributed by atoms with E-state index < -0.39 is 6.10 Å². The van der Waals surface area contributed by atoms with E-state index in [0.717, 1.165) is 0 Å². The molecule has 1 aromatic rings. The van der Waals surface area contributed by atoms with Crippen molar-refractivity contribution >= 4 is 0 Å². The average Bonchev–Trinajstić information content (AvgIpc) is 2.13. The molecule has 1 N–H and O–H groups in total. The zero-order valence-electron chi connectivity index (χ0n) is 5.44. The van der Waals surface area contributed by atoms with Gasteiger partial charge in [0.05, 0.1) is 0 Å². The normalized spacial score (nSPS) is 13.7. The molecule has 0 radical (unpaired) electrons. The Morgan fingerprint density at radius 2 is 2.44 bits per heavy atom. The van der Waals surface area contributed by atoms with Crippen molar-refractivity contribution < 1.29 is 5.11 Å². The molecule has 0 unspecified atom stereocenters. The molecule has 9 heavy (non-hydrogen) atoms. The highest BCUT2D eigenvalue weighted by molar-refractivity contribution is 4.86. The van der Waals surface area contributed by atoms with E-state index in [2.05, 4.69) is 10.1 Å². The predicted molar refractivity (Wildman–Crippen MR) is 31.6 cm³/mol. The zero-order valence-corrected chi connectivity index (χ0v) is 5.44. The summed E-state index contributed by atoms with van der Waals surface area (Å²) in [5, 5.41) is 12.8. The van der Waals surface area contributed by atoms with E-state index in [4.69, 9.17) is 5.11 Å². The zero-order chi connectivity index (χ0) is 6.85. The molecular formula is C5H9N3O. The Morgan fingerprint density at radius 3 is 2.67 bits per heavy atom. The number of hydrogen-bond donors (Lipinski definition) is 1. The summed E-state index contributed by atoms with van der Waals surface area (Å²) in [7, 11) is 1.75. The molecule has 0 aliphatic carbocycles. The van der Waals surface area contributed by atoms with Gasteiger partial charge in [-0.15, -0.1) is 0 Å². The number of nitrogens with zero attached hydrogens (tertiary/aromatic N) is 3. The van der Waals surface area contributed by atoms with Crippen molar-refractivity contribution in [3.63, 3.8) is 0 Å². The summed E-state index contributed by atoms with van der Waals surface area (Å²) in [6.07, 6.45) is 0.889. The van der Waals surface area contributed by atoms with Gasteiger partial charge >= 0.3 is 0 Å². The number of aliphatic hydroxyl groups is 1. The topological polar surface area (TPSA) is 50.9 Å². The fraction of sp³-hybridized carbons (Fsp3) is 0.600. The lowest BCUT2D eigenvalue weighted by Crippen LogP contribution is -2.02. The van der Waals surface area contributed by atoms with E-state index in [0.29, 0.717) is 5.82 Å². The lowest BCUT2D eigenvalue weighted by Gasteiger charge is -1.99. The summed E-state index contributed by atoms with van der Waals surface area (Å²) in [6, 6.07) is 0. The van der Waals surface area contributed by atoms with E-state index in [-0.39, 0.29) is 0 Å². The van der Waals surface area contributed by atoms with Gasteiger partial charge in [0.2, 0.25) is 0 Å². The highest BCUT2D eigenvalue weighted by atomic mass is 16.3. The predicted octanol–water partition coefficient (Wildman–Crippen LogP) is -0.132. The van der Waals surface area contributed by atoms with Crippen LogP contribution in [0.3, 0.4) is 0 Å². The third kappa shape index (κ3) is 1.08. The highest BCUT2D eigenvalue weighted by Gasteiger charge is 2.04. The van der Waals surface area contributed by atoms with Crippen LogP contribution in [0.2, 0.25) is 0 Å². The molecule has 0 aromatic carbocycles. The molecule has 0 saturated carbocycles. The van der Waals surface area contributed by atoms with Crippen LogP contribution in [0.1, 0.15) is 18.9 Å². The lowest BCUT2D eigenvalue weighted by atomic mass is 10.4. The summed E-state index contributed by atoms with van der Waals surface area (Å²) in [5.41, 5.74) is 0. The summed E-state index contributed by atoms with van der Waals surface area (Å²) in [4.78, 5) is 3.82. The second-order valence-electron chi connectivity index (χ2n) is 1.92. The number of aliphatic hydroxyl groups excluding tert-OH is 1. The van der Waals surface area contributed by atoms with Gasteiger partial charge in [0.15, 0.2) is 5.82 Å². The maximum Gasteiger partial charge on any atom is 0.155 e. The van der Waals surface area contributed by atoms with Gasteiger partial charge in [-0.05, 0) is 6.92 Å². The van der Waals surface area contributed by atoms with Gasteiger partial charge in [-0.1, -0.05) is 0 Å². The van der Waals surface area contributed by atoms with Gasteiger partial charge in [0.25, 0.3) is 0 Å². The third-order valence-corrected chi connectivity index (χ3v) is 1.12. The molecule has 4 nitrogen and oxygen atoms in total. The summed E-state index contributed by atoms with van der Waals surface area (Å²) in [5.74, 6) is 0.593. The van der Waals surface area contributed by atoms with E-state index >= 15 is 0 Å². The van der Waals surface area contributed by atoms with Crippen molar-refractivity contribution in [2.75, 3.05) is 0 Å². The van der Waals surface area contributed by atoms with Crippen molar-refractivity contribution in [2.24, 2.45) is 7.05 Å². The molecule has 50 valence electrons. The van der Waals surface area contributed by atoms with Crippen LogP contribution in [0.4, 0.5) is 0 Å². The Hall–Kier alpha value is -0.900. The molecule has 0 saturated heterocycles. The van der Waals surface area contributed by atoms with Crippen molar-refractivity contribution in [3.05, 3.63) is 12.2 Å². The van der Waals surface area contributed by atoms with E-state index in [1.165, 1.54) is 6.33 Å². The van der Waals surface area contributed by atoms with Gasteiger partial charge in [-0.2, -0.15) is 5.10 Å². The Morgan fingerprint density at radius 1 is 1.78 bits per heavy atom. The standard InChI is InChI=1S/C5H9N3O/c1-4(9)5-6-3-7-8(5)2/h3-4,9H,1-2H3/t4-/m1/s1.